The Labute approximate surface area is 142 Å². The molecule has 24 heavy (non-hydrogen) atoms. The van der Waals surface area contributed by atoms with E-state index in [0.717, 1.165) is 56.7 Å². The third-order valence-electron chi connectivity index (χ3n) is 5.39. The maximum absolute atomic E-state index is 13.0. The second-order valence-corrected chi connectivity index (χ2v) is 6.87. The molecule has 1 amide bonds. The normalized spacial score (nSPS) is 22.0. The molecule has 126 valence electrons. The lowest BCUT2D eigenvalue weighted by Gasteiger charge is -2.23. The Bertz CT molecular complexity index is 690. The predicted molar refractivity (Wildman–Crippen MR) is 93.1 cm³/mol. The van der Waals surface area contributed by atoms with Crippen LogP contribution < -0.4 is 5.32 Å². The summed E-state index contributed by atoms with van der Waals surface area (Å²) in [7, 11) is 0. The van der Waals surface area contributed by atoms with Gasteiger partial charge in [0.2, 0.25) is 0 Å². The lowest BCUT2D eigenvalue weighted by molar-refractivity contribution is 0.0789. The Morgan fingerprint density at radius 1 is 1.08 bits per heavy atom. The number of H-pyrrole nitrogens is 1. The van der Waals surface area contributed by atoms with Crippen LogP contribution >= 0.6 is 0 Å². The number of nitrogens with zero attached hydrogens (tertiary/aromatic N) is 2. The van der Waals surface area contributed by atoms with Gasteiger partial charge in [-0.2, -0.15) is 5.10 Å². The zero-order chi connectivity index (χ0) is 16.4. The number of hydrogen-bond acceptors (Lipinski definition) is 3. The van der Waals surface area contributed by atoms with Crippen LogP contribution in [0, 0.1) is 0 Å². The van der Waals surface area contributed by atoms with E-state index in [2.05, 4.69) is 39.8 Å². The summed E-state index contributed by atoms with van der Waals surface area (Å²) in [6.45, 7) is 3.66. The van der Waals surface area contributed by atoms with Gasteiger partial charge in [0.05, 0.1) is 17.5 Å². The number of rotatable bonds is 3. The topological polar surface area (TPSA) is 61.0 Å². The highest BCUT2D eigenvalue weighted by atomic mass is 16.2. The van der Waals surface area contributed by atoms with E-state index in [-0.39, 0.29) is 5.91 Å². The summed E-state index contributed by atoms with van der Waals surface area (Å²) in [5.41, 5.74) is 3.14. The highest BCUT2D eigenvalue weighted by Crippen LogP contribution is 2.31. The van der Waals surface area contributed by atoms with E-state index >= 15 is 0 Å². The van der Waals surface area contributed by atoms with Crippen LogP contribution in [0.2, 0.25) is 0 Å². The molecule has 0 bridgehead atoms. The molecule has 4 rings (SSSR count). The van der Waals surface area contributed by atoms with Crippen molar-refractivity contribution < 1.29 is 4.79 Å². The van der Waals surface area contributed by atoms with Crippen LogP contribution in [-0.4, -0.2) is 47.2 Å². The van der Waals surface area contributed by atoms with E-state index in [9.17, 15) is 4.79 Å². The number of aromatic nitrogens is 2. The van der Waals surface area contributed by atoms with Gasteiger partial charge in [0.15, 0.2) is 0 Å². The highest BCUT2D eigenvalue weighted by Gasteiger charge is 2.31. The summed E-state index contributed by atoms with van der Waals surface area (Å²) in [6, 6.07) is 10.5. The summed E-state index contributed by atoms with van der Waals surface area (Å²) in [5.74, 6) is 1.00. The number of nitrogens with one attached hydrogen (secondary N) is 2. The Morgan fingerprint density at radius 2 is 1.88 bits per heavy atom. The maximum Gasteiger partial charge on any atom is 0.257 e. The standard InChI is InChI=1S/C19H24N4O/c24-19(17-12-21-22-18(17)15-6-9-20-10-7-15)23-11-8-16(13-23)14-4-2-1-3-5-14/h1-5,12,15-16,20H,6-11,13H2,(H,21,22)/t16-/m1/s1. The van der Waals surface area contributed by atoms with Crippen LogP contribution in [0.15, 0.2) is 36.5 Å². The van der Waals surface area contributed by atoms with Gasteiger partial charge in [-0.15, -0.1) is 0 Å². The van der Waals surface area contributed by atoms with Gasteiger partial charge < -0.3 is 10.2 Å². The van der Waals surface area contributed by atoms with Crippen molar-refractivity contribution in [3.63, 3.8) is 0 Å². The number of benzene rings is 1. The maximum atomic E-state index is 13.0. The monoisotopic (exact) mass is 324 g/mol. The fourth-order valence-electron chi connectivity index (χ4n) is 4.00. The lowest BCUT2D eigenvalue weighted by Crippen LogP contribution is -2.31. The summed E-state index contributed by atoms with van der Waals surface area (Å²) in [5, 5.41) is 10.6. The Hall–Kier alpha value is -2.14. The molecule has 2 fully saturated rings. The molecule has 2 aliphatic heterocycles. The van der Waals surface area contributed by atoms with Crippen LogP contribution in [0.3, 0.4) is 0 Å². The fraction of sp³-hybridized carbons (Fsp3) is 0.474. The zero-order valence-electron chi connectivity index (χ0n) is 13.9. The van der Waals surface area contributed by atoms with Gasteiger partial charge in [-0.25, -0.2) is 0 Å². The number of amides is 1. The minimum atomic E-state index is 0.135. The molecule has 2 aliphatic rings. The Kier molecular flexibility index (Phi) is 4.34. The minimum absolute atomic E-state index is 0.135. The van der Waals surface area contributed by atoms with Gasteiger partial charge in [0.1, 0.15) is 0 Å². The number of carbonyl (C=O) groups excluding carboxylic acids is 1. The Morgan fingerprint density at radius 3 is 2.67 bits per heavy atom. The van der Waals surface area contributed by atoms with Crippen LogP contribution in [0.25, 0.3) is 0 Å². The molecular formula is C19H24N4O. The van der Waals surface area contributed by atoms with Gasteiger partial charge in [-0.1, -0.05) is 30.3 Å². The molecule has 0 radical (unpaired) electrons. The first kappa shape index (κ1) is 15.4. The van der Waals surface area contributed by atoms with Crippen molar-refractivity contribution in [2.45, 2.75) is 31.1 Å². The van der Waals surface area contributed by atoms with E-state index < -0.39 is 0 Å². The molecule has 5 nitrogen and oxygen atoms in total. The molecule has 3 heterocycles. The van der Waals surface area contributed by atoms with E-state index in [0.29, 0.717) is 11.8 Å². The van der Waals surface area contributed by atoms with Gasteiger partial charge in [-0.3, -0.25) is 9.89 Å². The summed E-state index contributed by atoms with van der Waals surface area (Å²) in [6.07, 6.45) is 4.88. The van der Waals surface area contributed by atoms with Crippen LogP contribution in [0.5, 0.6) is 0 Å². The summed E-state index contributed by atoms with van der Waals surface area (Å²) in [4.78, 5) is 15.0. The van der Waals surface area contributed by atoms with Crippen LogP contribution in [0.1, 0.15) is 52.7 Å². The second-order valence-electron chi connectivity index (χ2n) is 6.87. The quantitative estimate of drug-likeness (QED) is 0.912. The average Bonchev–Trinajstić information content (AvgIpc) is 3.32. The molecule has 2 aromatic rings. The predicted octanol–water partition coefficient (Wildman–Crippen LogP) is 2.51. The van der Waals surface area contributed by atoms with E-state index in [1.54, 1.807) is 6.20 Å². The van der Waals surface area contributed by atoms with Gasteiger partial charge in [-0.05, 0) is 37.9 Å². The molecule has 1 aromatic carbocycles. The van der Waals surface area contributed by atoms with Gasteiger partial charge in [0.25, 0.3) is 5.91 Å². The first-order valence-electron chi connectivity index (χ1n) is 8.91. The number of likely N-dealkylation sites (tertiary alicyclic amines) is 1. The molecule has 0 unspecified atom stereocenters. The van der Waals surface area contributed by atoms with Crippen molar-refractivity contribution in [2.24, 2.45) is 0 Å². The fourth-order valence-corrected chi connectivity index (χ4v) is 4.00. The van der Waals surface area contributed by atoms with E-state index in [1.807, 2.05) is 11.0 Å². The van der Waals surface area contributed by atoms with Crippen LogP contribution in [-0.2, 0) is 0 Å². The lowest BCUT2D eigenvalue weighted by atomic mass is 9.92. The van der Waals surface area contributed by atoms with Gasteiger partial charge >= 0.3 is 0 Å². The van der Waals surface area contributed by atoms with Gasteiger partial charge in [0, 0.05) is 24.9 Å². The first-order chi connectivity index (χ1) is 11.8. The molecule has 1 aromatic heterocycles. The smallest absolute Gasteiger partial charge is 0.257 e. The molecule has 5 heteroatoms. The average molecular weight is 324 g/mol. The first-order valence-corrected chi connectivity index (χ1v) is 8.91. The molecule has 2 N–H and O–H groups in total. The van der Waals surface area contributed by atoms with Crippen LogP contribution in [0.4, 0.5) is 0 Å². The van der Waals surface area contributed by atoms with Crippen molar-refractivity contribution in [1.82, 2.24) is 20.4 Å². The number of aromatic amines is 1. The van der Waals surface area contributed by atoms with Crippen molar-refractivity contribution >= 4 is 5.91 Å². The Balaban J connectivity index is 1.48. The minimum Gasteiger partial charge on any atom is -0.338 e. The third-order valence-corrected chi connectivity index (χ3v) is 5.39. The summed E-state index contributed by atoms with van der Waals surface area (Å²) >= 11 is 0. The third kappa shape index (κ3) is 2.96. The van der Waals surface area contributed by atoms with Crippen molar-refractivity contribution in [3.05, 3.63) is 53.3 Å². The number of piperidine rings is 1. The summed E-state index contributed by atoms with van der Waals surface area (Å²) < 4.78 is 0. The molecule has 0 saturated carbocycles. The molecule has 2 saturated heterocycles. The van der Waals surface area contributed by atoms with E-state index in [1.165, 1.54) is 5.56 Å². The second kappa shape index (κ2) is 6.77. The number of carbonyl (C=O) groups is 1. The zero-order valence-corrected chi connectivity index (χ0v) is 13.9. The molecule has 0 spiro atoms. The van der Waals surface area contributed by atoms with Crippen molar-refractivity contribution in [1.29, 1.82) is 0 Å². The molecule has 1 atom stereocenters. The SMILES string of the molecule is O=C(c1cn[nH]c1C1CCNCC1)N1CC[C@@H](c2ccccc2)C1. The number of hydrogen-bond donors (Lipinski definition) is 2. The highest BCUT2D eigenvalue weighted by molar-refractivity contribution is 5.95. The van der Waals surface area contributed by atoms with E-state index in [4.69, 9.17) is 0 Å². The van der Waals surface area contributed by atoms with Crippen molar-refractivity contribution in [3.8, 4) is 0 Å². The largest absolute Gasteiger partial charge is 0.338 e. The molecule has 0 aliphatic carbocycles. The molecular weight excluding hydrogens is 300 g/mol. The van der Waals surface area contributed by atoms with Crippen molar-refractivity contribution in [2.75, 3.05) is 26.2 Å².